The highest BCUT2D eigenvalue weighted by Crippen LogP contribution is 2.34. The predicted octanol–water partition coefficient (Wildman–Crippen LogP) is 3.26. The van der Waals surface area contributed by atoms with Gasteiger partial charge in [0.05, 0.1) is 19.8 Å². The Balaban J connectivity index is 3.24. The van der Waals surface area contributed by atoms with Gasteiger partial charge in [0.25, 0.3) is 0 Å². The van der Waals surface area contributed by atoms with Gasteiger partial charge in [-0.05, 0) is 37.3 Å². The molecule has 0 aliphatic heterocycles. The van der Waals surface area contributed by atoms with E-state index in [0.717, 1.165) is 22.6 Å². The van der Waals surface area contributed by atoms with E-state index in [4.69, 9.17) is 9.47 Å². The summed E-state index contributed by atoms with van der Waals surface area (Å²) in [5.74, 6) is 2.32. The van der Waals surface area contributed by atoms with E-state index in [2.05, 4.69) is 0 Å². The number of hydrogen-bond acceptors (Lipinski definition) is 4. The maximum absolute atomic E-state index is 12.2. The number of methoxy groups -OCH3 is 2. The highest BCUT2D eigenvalue weighted by atomic mass is 32.2. The summed E-state index contributed by atoms with van der Waals surface area (Å²) in [5.41, 5.74) is 2.59. The van der Waals surface area contributed by atoms with Crippen LogP contribution in [0.1, 0.15) is 27.9 Å². The molecule has 18 heavy (non-hydrogen) atoms. The minimum atomic E-state index is 0.0996. The van der Waals surface area contributed by atoms with Gasteiger partial charge in [0.2, 0.25) is 0 Å². The van der Waals surface area contributed by atoms with Crippen LogP contribution in [-0.2, 0) is 0 Å². The van der Waals surface area contributed by atoms with Crippen LogP contribution in [0.5, 0.6) is 11.5 Å². The lowest BCUT2D eigenvalue weighted by molar-refractivity contribution is 0.0986. The fraction of sp³-hybridized carbons (Fsp3) is 0.500. The van der Waals surface area contributed by atoms with Gasteiger partial charge in [0.1, 0.15) is 11.5 Å². The lowest BCUT2D eigenvalue weighted by Gasteiger charge is -2.16. The number of thioether (sulfide) groups is 1. The number of ether oxygens (including phenoxy) is 2. The van der Waals surface area contributed by atoms with Gasteiger partial charge < -0.3 is 9.47 Å². The van der Waals surface area contributed by atoms with Crippen LogP contribution in [0, 0.1) is 13.8 Å². The second kappa shape index (κ2) is 6.69. The molecule has 0 amide bonds. The molecule has 3 nitrogen and oxygen atoms in total. The SMILES string of the molecule is COc1cc(C(=O)CCSC)c(OC)c(C)c1C. The Bertz CT molecular complexity index is 441. The monoisotopic (exact) mass is 268 g/mol. The average Bonchev–Trinajstić information content (AvgIpc) is 2.38. The van der Waals surface area contributed by atoms with E-state index < -0.39 is 0 Å². The summed E-state index contributed by atoms with van der Waals surface area (Å²) in [5, 5.41) is 0. The normalized spacial score (nSPS) is 10.3. The fourth-order valence-corrected chi connectivity index (χ4v) is 2.26. The summed E-state index contributed by atoms with van der Waals surface area (Å²) in [4.78, 5) is 12.2. The largest absolute Gasteiger partial charge is 0.496 e. The molecule has 0 saturated carbocycles. The van der Waals surface area contributed by atoms with Crippen molar-refractivity contribution < 1.29 is 14.3 Å². The number of carbonyl (C=O) groups is 1. The Morgan fingerprint density at radius 2 is 1.89 bits per heavy atom. The number of rotatable bonds is 6. The van der Waals surface area contributed by atoms with Gasteiger partial charge in [-0.3, -0.25) is 4.79 Å². The highest BCUT2D eigenvalue weighted by molar-refractivity contribution is 7.98. The Kier molecular flexibility index (Phi) is 5.54. The van der Waals surface area contributed by atoms with E-state index in [-0.39, 0.29) is 5.78 Å². The molecule has 0 unspecified atom stereocenters. The van der Waals surface area contributed by atoms with E-state index in [1.54, 1.807) is 32.0 Å². The molecular weight excluding hydrogens is 248 g/mol. The predicted molar refractivity (Wildman–Crippen MR) is 76.3 cm³/mol. The molecule has 0 bridgehead atoms. The van der Waals surface area contributed by atoms with Crippen molar-refractivity contribution in [2.75, 3.05) is 26.2 Å². The first-order chi connectivity index (χ1) is 8.56. The maximum Gasteiger partial charge on any atom is 0.167 e. The molecule has 1 aromatic rings. The first kappa shape index (κ1) is 14.9. The van der Waals surface area contributed by atoms with Crippen LogP contribution >= 0.6 is 11.8 Å². The lowest BCUT2D eigenvalue weighted by atomic mass is 9.99. The van der Waals surface area contributed by atoms with Gasteiger partial charge in [-0.2, -0.15) is 11.8 Å². The molecule has 0 saturated heterocycles. The van der Waals surface area contributed by atoms with Gasteiger partial charge in [-0.15, -0.1) is 0 Å². The van der Waals surface area contributed by atoms with Gasteiger partial charge in [0.15, 0.2) is 5.78 Å². The number of ketones is 1. The van der Waals surface area contributed by atoms with Crippen LogP contribution in [0.3, 0.4) is 0 Å². The van der Waals surface area contributed by atoms with Gasteiger partial charge in [-0.25, -0.2) is 0 Å². The Labute approximate surface area is 113 Å². The van der Waals surface area contributed by atoms with Crippen molar-refractivity contribution in [3.05, 3.63) is 22.8 Å². The minimum absolute atomic E-state index is 0.0996. The molecule has 4 heteroatoms. The summed E-state index contributed by atoms with van der Waals surface area (Å²) in [7, 11) is 3.21. The van der Waals surface area contributed by atoms with Crippen molar-refractivity contribution in [3.63, 3.8) is 0 Å². The van der Waals surface area contributed by atoms with Gasteiger partial charge >= 0.3 is 0 Å². The first-order valence-electron chi connectivity index (χ1n) is 5.81. The second-order valence-corrected chi connectivity index (χ2v) is 5.06. The molecule has 0 fully saturated rings. The van der Waals surface area contributed by atoms with Crippen LogP contribution in [-0.4, -0.2) is 32.0 Å². The number of Topliss-reactive ketones (excluding diaryl/α,β-unsaturated/α-hetero) is 1. The van der Waals surface area contributed by atoms with Crippen LogP contribution in [0.4, 0.5) is 0 Å². The number of hydrogen-bond donors (Lipinski definition) is 0. The van der Waals surface area contributed by atoms with E-state index >= 15 is 0 Å². The molecule has 0 N–H and O–H groups in total. The molecule has 0 aliphatic carbocycles. The van der Waals surface area contributed by atoms with Gasteiger partial charge in [0, 0.05) is 12.2 Å². The average molecular weight is 268 g/mol. The smallest absolute Gasteiger partial charge is 0.167 e. The summed E-state index contributed by atoms with van der Waals surface area (Å²) >= 11 is 1.66. The van der Waals surface area contributed by atoms with E-state index in [9.17, 15) is 4.79 Å². The third-order valence-corrected chi connectivity index (χ3v) is 3.66. The van der Waals surface area contributed by atoms with Crippen molar-refractivity contribution >= 4 is 17.5 Å². The zero-order valence-corrected chi connectivity index (χ0v) is 12.4. The molecule has 0 atom stereocenters. The van der Waals surface area contributed by atoms with E-state index in [1.165, 1.54) is 0 Å². The first-order valence-corrected chi connectivity index (χ1v) is 7.20. The molecule has 0 spiro atoms. The second-order valence-electron chi connectivity index (χ2n) is 4.08. The minimum Gasteiger partial charge on any atom is -0.496 e. The third kappa shape index (κ3) is 2.99. The topological polar surface area (TPSA) is 35.5 Å². The Morgan fingerprint density at radius 3 is 2.39 bits per heavy atom. The third-order valence-electron chi connectivity index (χ3n) is 3.05. The fourth-order valence-electron chi connectivity index (χ4n) is 1.87. The van der Waals surface area contributed by atoms with E-state index in [1.807, 2.05) is 20.1 Å². The van der Waals surface area contributed by atoms with Crippen LogP contribution in [0.15, 0.2) is 6.07 Å². The standard InChI is InChI=1S/C14H20O3S/c1-9-10(2)14(17-4)11(8-13(9)16-3)12(15)6-7-18-5/h8H,6-7H2,1-5H3. The maximum atomic E-state index is 12.2. The molecule has 0 aromatic heterocycles. The zero-order chi connectivity index (χ0) is 13.7. The molecule has 1 aromatic carbocycles. The number of benzene rings is 1. The van der Waals surface area contributed by atoms with Crippen molar-refractivity contribution in [1.29, 1.82) is 0 Å². The van der Waals surface area contributed by atoms with E-state index in [0.29, 0.717) is 17.7 Å². The zero-order valence-electron chi connectivity index (χ0n) is 11.6. The van der Waals surface area contributed by atoms with Crippen molar-refractivity contribution in [1.82, 2.24) is 0 Å². The highest BCUT2D eigenvalue weighted by Gasteiger charge is 2.18. The van der Waals surface area contributed by atoms with Gasteiger partial charge in [-0.1, -0.05) is 0 Å². The molecule has 0 heterocycles. The van der Waals surface area contributed by atoms with Crippen LogP contribution < -0.4 is 9.47 Å². The van der Waals surface area contributed by atoms with Crippen molar-refractivity contribution in [3.8, 4) is 11.5 Å². The van der Waals surface area contributed by atoms with Crippen LogP contribution in [0.2, 0.25) is 0 Å². The number of carbonyl (C=O) groups excluding carboxylic acids is 1. The molecule has 0 aliphatic rings. The summed E-state index contributed by atoms with van der Waals surface area (Å²) in [6.07, 6.45) is 2.51. The Hall–Kier alpha value is -1.16. The quantitative estimate of drug-likeness (QED) is 0.742. The van der Waals surface area contributed by atoms with Crippen molar-refractivity contribution in [2.45, 2.75) is 20.3 Å². The van der Waals surface area contributed by atoms with Crippen LogP contribution in [0.25, 0.3) is 0 Å². The summed E-state index contributed by atoms with van der Waals surface area (Å²) in [6.45, 7) is 3.91. The molecular formula is C14H20O3S. The molecule has 0 radical (unpaired) electrons. The summed E-state index contributed by atoms with van der Waals surface area (Å²) in [6, 6.07) is 1.78. The lowest BCUT2D eigenvalue weighted by Crippen LogP contribution is -2.07. The Morgan fingerprint density at radius 1 is 1.22 bits per heavy atom. The molecule has 1 rings (SSSR count). The summed E-state index contributed by atoms with van der Waals surface area (Å²) < 4.78 is 10.7. The molecule has 100 valence electrons. The van der Waals surface area contributed by atoms with Crippen molar-refractivity contribution in [2.24, 2.45) is 0 Å².